The second-order valence-corrected chi connectivity index (χ2v) is 10.3. The van der Waals surface area contributed by atoms with Crippen molar-refractivity contribution in [1.29, 1.82) is 0 Å². The van der Waals surface area contributed by atoms with Gasteiger partial charge in [0.25, 0.3) is 5.56 Å². The molecule has 0 saturated carbocycles. The summed E-state index contributed by atoms with van der Waals surface area (Å²) >= 11 is 7.54. The Hall–Kier alpha value is -2.96. The molecule has 0 aliphatic heterocycles. The summed E-state index contributed by atoms with van der Waals surface area (Å²) in [6.07, 6.45) is 4.33. The van der Waals surface area contributed by atoms with Crippen molar-refractivity contribution in [3.8, 4) is 0 Å². The van der Waals surface area contributed by atoms with Gasteiger partial charge in [0.05, 0.1) is 5.39 Å². The molecule has 0 spiro atoms. The molecule has 1 atom stereocenters. The van der Waals surface area contributed by atoms with Crippen molar-refractivity contribution in [1.82, 2.24) is 15.3 Å². The third kappa shape index (κ3) is 5.08. The van der Waals surface area contributed by atoms with Crippen molar-refractivity contribution >= 4 is 39.1 Å². The lowest BCUT2D eigenvalue weighted by Crippen LogP contribution is -2.26. The first-order valence-electron chi connectivity index (χ1n) is 11.7. The molecule has 2 aromatic carbocycles. The molecule has 1 amide bonds. The van der Waals surface area contributed by atoms with Crippen LogP contribution < -0.4 is 10.9 Å². The summed E-state index contributed by atoms with van der Waals surface area (Å²) in [7, 11) is 0. The highest BCUT2D eigenvalue weighted by Gasteiger charge is 2.26. The standard InChI is InChI=1S/C27H26ClN3O2S/c28-20-9-6-17(7-10-20)14-15-29-24(32)13-12-23-30-26(33)25-21-11-8-19(18-4-2-1-3-5-18)16-22(21)34-27(25)31-23/h1-7,9-10,19H,8,11-16H2,(H,29,32)(H,30,31,33)/t19-/m1/s1. The maximum Gasteiger partial charge on any atom is 0.259 e. The van der Waals surface area contributed by atoms with Crippen LogP contribution in [0.25, 0.3) is 10.2 Å². The Bertz CT molecular complexity index is 1360. The number of nitrogens with zero attached hydrogens (tertiary/aromatic N) is 1. The number of benzene rings is 2. The van der Waals surface area contributed by atoms with E-state index in [4.69, 9.17) is 16.6 Å². The van der Waals surface area contributed by atoms with Crippen LogP contribution in [-0.4, -0.2) is 22.4 Å². The normalized spacial score (nSPS) is 15.3. The smallest absolute Gasteiger partial charge is 0.259 e. The van der Waals surface area contributed by atoms with Crippen molar-refractivity contribution in [3.63, 3.8) is 0 Å². The van der Waals surface area contributed by atoms with Gasteiger partial charge >= 0.3 is 0 Å². The topological polar surface area (TPSA) is 74.8 Å². The van der Waals surface area contributed by atoms with E-state index in [-0.39, 0.29) is 17.9 Å². The maximum absolute atomic E-state index is 12.9. The van der Waals surface area contributed by atoms with Gasteiger partial charge in [-0.05, 0) is 60.4 Å². The van der Waals surface area contributed by atoms with E-state index in [9.17, 15) is 9.59 Å². The van der Waals surface area contributed by atoms with E-state index in [2.05, 4.69) is 34.6 Å². The first kappa shape index (κ1) is 22.8. The second-order valence-electron chi connectivity index (χ2n) is 8.77. The van der Waals surface area contributed by atoms with E-state index in [0.717, 1.165) is 47.0 Å². The number of aromatic amines is 1. The van der Waals surface area contributed by atoms with Crippen molar-refractivity contribution in [2.24, 2.45) is 0 Å². The molecule has 0 fully saturated rings. The Balaban J connectivity index is 1.21. The third-order valence-electron chi connectivity index (χ3n) is 6.48. The summed E-state index contributed by atoms with van der Waals surface area (Å²) < 4.78 is 0. The van der Waals surface area contributed by atoms with E-state index < -0.39 is 0 Å². The highest BCUT2D eigenvalue weighted by Crippen LogP contribution is 2.39. The molecule has 1 aliphatic carbocycles. The van der Waals surface area contributed by atoms with Gasteiger partial charge in [-0.1, -0.05) is 54.1 Å². The van der Waals surface area contributed by atoms with Crippen LogP contribution in [0.1, 0.15) is 46.2 Å². The number of fused-ring (bicyclic) bond motifs is 3. The summed E-state index contributed by atoms with van der Waals surface area (Å²) in [5, 5.41) is 4.38. The fourth-order valence-corrected chi connectivity index (χ4v) is 6.12. The van der Waals surface area contributed by atoms with Crippen LogP contribution in [-0.2, 0) is 30.5 Å². The van der Waals surface area contributed by atoms with Gasteiger partial charge in [0.2, 0.25) is 5.91 Å². The van der Waals surface area contributed by atoms with Gasteiger partial charge in [0.15, 0.2) is 0 Å². The number of carbonyl (C=O) groups is 1. The number of rotatable bonds is 7. The predicted molar refractivity (Wildman–Crippen MR) is 138 cm³/mol. The average Bonchev–Trinajstić information content (AvgIpc) is 3.22. The van der Waals surface area contributed by atoms with Crippen molar-refractivity contribution in [2.45, 2.75) is 44.4 Å². The molecule has 0 bridgehead atoms. The Labute approximate surface area is 207 Å². The molecule has 1 aliphatic rings. The summed E-state index contributed by atoms with van der Waals surface area (Å²) in [6.45, 7) is 0.559. The highest BCUT2D eigenvalue weighted by atomic mass is 35.5. The molecule has 34 heavy (non-hydrogen) atoms. The van der Waals surface area contributed by atoms with Crippen molar-refractivity contribution < 1.29 is 4.79 Å². The Morgan fingerprint density at radius 3 is 2.71 bits per heavy atom. The first-order valence-corrected chi connectivity index (χ1v) is 12.9. The van der Waals surface area contributed by atoms with Crippen LogP contribution >= 0.6 is 22.9 Å². The predicted octanol–water partition coefficient (Wildman–Crippen LogP) is 5.20. The van der Waals surface area contributed by atoms with E-state index in [1.165, 1.54) is 10.4 Å². The zero-order valence-electron chi connectivity index (χ0n) is 18.8. The van der Waals surface area contributed by atoms with Gasteiger partial charge < -0.3 is 10.3 Å². The summed E-state index contributed by atoms with van der Waals surface area (Å²) in [5.74, 6) is 1.01. The number of hydrogen-bond donors (Lipinski definition) is 2. The number of nitrogens with one attached hydrogen (secondary N) is 2. The number of hydrogen-bond acceptors (Lipinski definition) is 4. The molecule has 5 nitrogen and oxygen atoms in total. The number of halogens is 1. The minimum Gasteiger partial charge on any atom is -0.356 e. The zero-order chi connectivity index (χ0) is 23.5. The first-order chi connectivity index (χ1) is 16.6. The van der Waals surface area contributed by atoms with Gasteiger partial charge in [0.1, 0.15) is 10.7 Å². The van der Waals surface area contributed by atoms with Crippen molar-refractivity contribution in [3.05, 3.63) is 97.4 Å². The molecule has 2 aromatic heterocycles. The van der Waals surface area contributed by atoms with E-state index in [1.807, 2.05) is 30.3 Å². The SMILES string of the molecule is O=C(CCc1nc2sc3c(c2c(=O)[nH]1)CC[C@@H](c1ccccc1)C3)NCCc1ccc(Cl)cc1. The fraction of sp³-hybridized carbons (Fsp3) is 0.296. The fourth-order valence-electron chi connectivity index (χ4n) is 4.67. The monoisotopic (exact) mass is 491 g/mol. The Kier molecular flexibility index (Phi) is 6.79. The van der Waals surface area contributed by atoms with Crippen LogP contribution in [0.15, 0.2) is 59.4 Å². The molecule has 4 aromatic rings. The van der Waals surface area contributed by atoms with Crippen LogP contribution in [0, 0.1) is 0 Å². The molecule has 174 valence electrons. The molecule has 0 unspecified atom stereocenters. The summed E-state index contributed by atoms with van der Waals surface area (Å²) in [5.41, 5.74) is 3.55. The van der Waals surface area contributed by atoms with Crippen LogP contribution in [0.2, 0.25) is 5.02 Å². The molecular weight excluding hydrogens is 466 g/mol. The van der Waals surface area contributed by atoms with Crippen molar-refractivity contribution in [2.75, 3.05) is 6.54 Å². The number of aryl methyl sites for hydroxylation is 2. The number of thiophene rings is 1. The van der Waals surface area contributed by atoms with Gasteiger partial charge in [-0.3, -0.25) is 9.59 Å². The minimum absolute atomic E-state index is 0.0483. The molecule has 7 heteroatoms. The Morgan fingerprint density at radius 2 is 1.91 bits per heavy atom. The van der Waals surface area contributed by atoms with Gasteiger partial charge in [-0.15, -0.1) is 11.3 Å². The number of carbonyl (C=O) groups excluding carboxylic acids is 1. The average molecular weight is 492 g/mol. The van der Waals surface area contributed by atoms with Gasteiger partial charge in [-0.25, -0.2) is 4.98 Å². The quantitative estimate of drug-likeness (QED) is 0.373. The lowest BCUT2D eigenvalue weighted by Gasteiger charge is -2.22. The molecule has 2 N–H and O–H groups in total. The molecule has 2 heterocycles. The lowest BCUT2D eigenvalue weighted by atomic mass is 9.83. The molecule has 0 saturated heterocycles. The summed E-state index contributed by atoms with van der Waals surface area (Å²) in [6, 6.07) is 18.2. The van der Waals surface area contributed by atoms with Crippen LogP contribution in [0.5, 0.6) is 0 Å². The lowest BCUT2D eigenvalue weighted by molar-refractivity contribution is -0.121. The van der Waals surface area contributed by atoms with Crippen LogP contribution in [0.3, 0.4) is 0 Å². The van der Waals surface area contributed by atoms with Gasteiger partial charge in [-0.2, -0.15) is 0 Å². The number of amides is 1. The molecule has 5 rings (SSSR count). The molecular formula is C27H26ClN3O2S. The minimum atomic E-state index is -0.0844. The van der Waals surface area contributed by atoms with E-state index in [1.54, 1.807) is 11.3 Å². The van der Waals surface area contributed by atoms with Crippen LogP contribution in [0.4, 0.5) is 0 Å². The van der Waals surface area contributed by atoms with Gasteiger partial charge in [0, 0.05) is 29.3 Å². The highest BCUT2D eigenvalue weighted by molar-refractivity contribution is 7.18. The largest absolute Gasteiger partial charge is 0.356 e. The number of H-pyrrole nitrogens is 1. The number of aromatic nitrogens is 2. The molecule has 0 radical (unpaired) electrons. The third-order valence-corrected chi connectivity index (χ3v) is 7.88. The zero-order valence-corrected chi connectivity index (χ0v) is 20.3. The van der Waals surface area contributed by atoms with E-state index >= 15 is 0 Å². The Morgan fingerprint density at radius 1 is 1.12 bits per heavy atom. The summed E-state index contributed by atoms with van der Waals surface area (Å²) in [4.78, 5) is 34.9. The maximum atomic E-state index is 12.9. The second kappa shape index (κ2) is 10.1. The van der Waals surface area contributed by atoms with E-state index in [0.29, 0.717) is 29.7 Å².